The summed E-state index contributed by atoms with van der Waals surface area (Å²) in [4.78, 5) is 42.1. The van der Waals surface area contributed by atoms with Gasteiger partial charge in [-0.2, -0.15) is 0 Å². The average Bonchev–Trinajstić information content (AvgIpc) is 2.88. The molecule has 0 saturated carbocycles. The Morgan fingerprint density at radius 2 is 1.67 bits per heavy atom. The number of nitrogens with one attached hydrogen (secondary N) is 1. The third kappa shape index (κ3) is 6.53. The first-order valence-electron chi connectivity index (χ1n) is 12.4. The van der Waals surface area contributed by atoms with E-state index in [1.165, 1.54) is 6.07 Å². The number of anilines is 1. The Balaban J connectivity index is 1.16. The lowest BCUT2D eigenvalue weighted by Crippen LogP contribution is -2.49. The number of likely N-dealkylation sites (tertiary alicyclic amines) is 1. The molecule has 0 bridgehead atoms. The molecule has 0 aliphatic carbocycles. The van der Waals surface area contributed by atoms with Crippen molar-refractivity contribution in [3.63, 3.8) is 0 Å². The number of amides is 2. The van der Waals surface area contributed by atoms with Crippen molar-refractivity contribution in [3.8, 4) is 0 Å². The summed E-state index contributed by atoms with van der Waals surface area (Å²) < 4.78 is 0. The van der Waals surface area contributed by atoms with Gasteiger partial charge in [0.25, 0.3) is 11.6 Å². The van der Waals surface area contributed by atoms with Crippen molar-refractivity contribution in [1.82, 2.24) is 14.7 Å². The molecule has 36 heavy (non-hydrogen) atoms. The monoisotopic (exact) mass is 513 g/mol. The zero-order valence-electron chi connectivity index (χ0n) is 20.5. The zero-order chi connectivity index (χ0) is 25.7. The summed E-state index contributed by atoms with van der Waals surface area (Å²) in [6.07, 6.45) is 2.16. The van der Waals surface area contributed by atoms with Crippen molar-refractivity contribution >= 4 is 34.8 Å². The fourth-order valence-electron chi connectivity index (χ4n) is 4.82. The first-order valence-corrected chi connectivity index (χ1v) is 12.7. The van der Waals surface area contributed by atoms with Gasteiger partial charge < -0.3 is 15.1 Å². The highest BCUT2D eigenvalue weighted by Gasteiger charge is 2.25. The summed E-state index contributed by atoms with van der Waals surface area (Å²) in [5.41, 5.74) is 2.27. The molecule has 10 heteroatoms. The van der Waals surface area contributed by atoms with Gasteiger partial charge in [-0.05, 0) is 56.2 Å². The van der Waals surface area contributed by atoms with Crippen LogP contribution in [-0.4, -0.2) is 83.3 Å². The number of hydrogen-bond donors (Lipinski definition) is 1. The number of nitro groups is 1. The second kappa shape index (κ2) is 11.7. The maximum Gasteiger partial charge on any atom is 0.272 e. The van der Waals surface area contributed by atoms with Gasteiger partial charge in [-0.1, -0.05) is 11.6 Å². The number of halogens is 1. The number of aryl methyl sites for hydroxylation is 1. The number of piperazine rings is 1. The van der Waals surface area contributed by atoms with Crippen LogP contribution in [0, 0.1) is 17.0 Å². The number of carbonyl (C=O) groups excluding carboxylic acids is 2. The molecule has 4 rings (SSSR count). The third-order valence-electron chi connectivity index (χ3n) is 7.00. The van der Waals surface area contributed by atoms with Crippen LogP contribution >= 0.6 is 11.6 Å². The van der Waals surface area contributed by atoms with Gasteiger partial charge in [-0.15, -0.1) is 0 Å². The number of hydrogen-bond acceptors (Lipinski definition) is 6. The van der Waals surface area contributed by atoms with E-state index in [0.29, 0.717) is 55.3 Å². The Kier molecular flexibility index (Phi) is 8.43. The highest BCUT2D eigenvalue weighted by Crippen LogP contribution is 2.24. The van der Waals surface area contributed by atoms with Gasteiger partial charge in [-0.3, -0.25) is 24.6 Å². The molecule has 2 aromatic carbocycles. The van der Waals surface area contributed by atoms with Gasteiger partial charge in [0.05, 0.1) is 4.92 Å². The maximum atomic E-state index is 12.8. The van der Waals surface area contributed by atoms with Crippen molar-refractivity contribution in [3.05, 3.63) is 68.7 Å². The second-order valence-corrected chi connectivity index (χ2v) is 9.88. The molecule has 9 nitrogen and oxygen atoms in total. The minimum absolute atomic E-state index is 0.0164. The van der Waals surface area contributed by atoms with Crippen molar-refractivity contribution in [2.75, 3.05) is 51.1 Å². The van der Waals surface area contributed by atoms with Crippen LogP contribution in [0.3, 0.4) is 0 Å². The number of nitro benzene ring substituents is 1. The second-order valence-electron chi connectivity index (χ2n) is 9.45. The quantitative estimate of drug-likeness (QED) is 0.446. The lowest BCUT2D eigenvalue weighted by atomic mass is 10.0. The minimum Gasteiger partial charge on any atom is -0.382 e. The number of rotatable bonds is 7. The van der Waals surface area contributed by atoms with Crippen molar-refractivity contribution < 1.29 is 14.5 Å². The van der Waals surface area contributed by atoms with Crippen LogP contribution < -0.4 is 5.32 Å². The Morgan fingerprint density at radius 3 is 2.28 bits per heavy atom. The van der Waals surface area contributed by atoms with E-state index in [-0.39, 0.29) is 28.5 Å². The largest absolute Gasteiger partial charge is 0.382 e. The summed E-state index contributed by atoms with van der Waals surface area (Å²) in [6.45, 7) is 6.64. The van der Waals surface area contributed by atoms with E-state index in [9.17, 15) is 19.7 Å². The SMILES string of the molecule is Cc1cc(NC2CCN(C(=O)CCN3CCN(C(=O)c4ccc(Cl)cc4)CC3)CC2)ccc1[N+](=O)[O-]. The molecule has 0 atom stereocenters. The fraction of sp³-hybridized carbons (Fsp3) is 0.462. The summed E-state index contributed by atoms with van der Waals surface area (Å²) in [5, 5.41) is 15.1. The minimum atomic E-state index is -0.371. The molecule has 2 heterocycles. The molecule has 2 saturated heterocycles. The summed E-state index contributed by atoms with van der Waals surface area (Å²) in [7, 11) is 0. The van der Waals surface area contributed by atoms with Crippen LogP contribution in [0.4, 0.5) is 11.4 Å². The van der Waals surface area contributed by atoms with E-state index in [4.69, 9.17) is 11.6 Å². The molecular weight excluding hydrogens is 482 g/mol. The van der Waals surface area contributed by atoms with Crippen molar-refractivity contribution in [2.24, 2.45) is 0 Å². The summed E-state index contributed by atoms with van der Waals surface area (Å²) >= 11 is 5.91. The number of benzene rings is 2. The van der Waals surface area contributed by atoms with Crippen LogP contribution in [0.25, 0.3) is 0 Å². The molecule has 0 spiro atoms. The Labute approximate surface area is 216 Å². The summed E-state index contributed by atoms with van der Waals surface area (Å²) in [5.74, 6) is 0.182. The molecule has 2 aromatic rings. The van der Waals surface area contributed by atoms with Crippen LogP contribution in [0.1, 0.15) is 35.2 Å². The smallest absolute Gasteiger partial charge is 0.272 e. The molecule has 1 N–H and O–H groups in total. The first-order chi connectivity index (χ1) is 17.3. The molecular formula is C26H32ClN5O4. The number of nitrogens with zero attached hydrogens (tertiary/aromatic N) is 4. The fourth-order valence-corrected chi connectivity index (χ4v) is 4.95. The van der Waals surface area contributed by atoms with Crippen LogP contribution in [-0.2, 0) is 4.79 Å². The third-order valence-corrected chi connectivity index (χ3v) is 7.26. The maximum absolute atomic E-state index is 12.8. The van der Waals surface area contributed by atoms with E-state index in [1.807, 2.05) is 9.80 Å². The van der Waals surface area contributed by atoms with Crippen molar-refractivity contribution in [1.29, 1.82) is 0 Å². The number of carbonyl (C=O) groups is 2. The topological polar surface area (TPSA) is 99.0 Å². The first kappa shape index (κ1) is 25.9. The zero-order valence-corrected chi connectivity index (χ0v) is 21.2. The normalized spacial score (nSPS) is 17.2. The van der Waals surface area contributed by atoms with E-state index >= 15 is 0 Å². The predicted molar refractivity (Wildman–Crippen MR) is 139 cm³/mol. The molecule has 192 valence electrons. The highest BCUT2D eigenvalue weighted by atomic mass is 35.5. The van der Waals surface area contributed by atoms with Gasteiger partial charge in [0.2, 0.25) is 5.91 Å². The van der Waals surface area contributed by atoms with Gasteiger partial charge >= 0.3 is 0 Å². The lowest BCUT2D eigenvalue weighted by Gasteiger charge is -2.36. The molecule has 2 aliphatic rings. The standard InChI is InChI=1S/C26H32ClN5O4/c1-19-18-23(6-7-24(19)32(35)36)28-22-8-12-30(13-9-22)25(33)10-11-29-14-16-31(17-15-29)26(34)20-2-4-21(27)5-3-20/h2-7,18,22,28H,8-17H2,1H3. The molecule has 0 radical (unpaired) electrons. The molecule has 2 aliphatic heterocycles. The van der Waals surface area contributed by atoms with Crippen LogP contribution in [0.5, 0.6) is 0 Å². The molecule has 0 unspecified atom stereocenters. The van der Waals surface area contributed by atoms with E-state index in [1.54, 1.807) is 43.3 Å². The Bertz CT molecular complexity index is 1090. The van der Waals surface area contributed by atoms with E-state index in [2.05, 4.69) is 10.2 Å². The summed E-state index contributed by atoms with van der Waals surface area (Å²) in [6, 6.07) is 12.3. The van der Waals surface area contributed by atoms with Crippen LogP contribution in [0.2, 0.25) is 5.02 Å². The molecule has 0 aromatic heterocycles. The van der Waals surface area contributed by atoms with E-state index in [0.717, 1.165) is 31.6 Å². The van der Waals surface area contributed by atoms with Crippen LogP contribution in [0.15, 0.2) is 42.5 Å². The molecule has 2 amide bonds. The van der Waals surface area contributed by atoms with E-state index < -0.39 is 0 Å². The Morgan fingerprint density at radius 1 is 1.00 bits per heavy atom. The van der Waals surface area contributed by atoms with Gasteiger partial charge in [0.1, 0.15) is 0 Å². The average molecular weight is 514 g/mol. The van der Waals surface area contributed by atoms with Gasteiger partial charge in [0, 0.05) is 86.2 Å². The highest BCUT2D eigenvalue weighted by molar-refractivity contribution is 6.30. The Hall–Kier alpha value is -3.17. The number of piperidine rings is 1. The predicted octanol–water partition coefficient (Wildman–Crippen LogP) is 3.81. The van der Waals surface area contributed by atoms with Gasteiger partial charge in [-0.25, -0.2) is 0 Å². The molecule has 2 fully saturated rings. The lowest BCUT2D eigenvalue weighted by molar-refractivity contribution is -0.385. The van der Waals surface area contributed by atoms with Gasteiger partial charge in [0.15, 0.2) is 0 Å². The van der Waals surface area contributed by atoms with Crippen molar-refractivity contribution in [2.45, 2.75) is 32.2 Å².